The first-order valence-electron chi connectivity index (χ1n) is 5.63. The van der Waals surface area contributed by atoms with Crippen molar-refractivity contribution in [1.82, 2.24) is 0 Å². The zero-order valence-electron chi connectivity index (χ0n) is 10.3. The zero-order chi connectivity index (χ0) is 12.5. The third-order valence-corrected chi connectivity index (χ3v) is 2.41. The Morgan fingerprint density at radius 1 is 1.24 bits per heavy atom. The first-order valence-corrected chi connectivity index (χ1v) is 5.63. The van der Waals surface area contributed by atoms with Gasteiger partial charge in [0.2, 0.25) is 0 Å². The number of benzene rings is 1. The minimum atomic E-state index is -0.150. The van der Waals surface area contributed by atoms with Crippen molar-refractivity contribution in [3.8, 4) is 5.75 Å². The number of unbranched alkanes of at least 4 members (excludes halogenated alkanes) is 1. The fraction of sp³-hybridized carbons (Fsp3) is 0.357. The molecule has 0 saturated heterocycles. The Balaban J connectivity index is 2.30. The number of hydrogen-bond acceptors (Lipinski definition) is 3. The number of esters is 1. The first kappa shape index (κ1) is 13.3. The SMILES string of the molecule is COC(=O)CCC/C=C/c1ccc(OC)cc1. The van der Waals surface area contributed by atoms with Crippen molar-refractivity contribution in [2.24, 2.45) is 0 Å². The average Bonchev–Trinajstić information content (AvgIpc) is 2.38. The molecular weight excluding hydrogens is 216 g/mol. The second-order valence-corrected chi connectivity index (χ2v) is 3.64. The van der Waals surface area contributed by atoms with Crippen LogP contribution in [0.5, 0.6) is 5.75 Å². The third-order valence-electron chi connectivity index (χ3n) is 2.41. The van der Waals surface area contributed by atoms with Gasteiger partial charge in [0.05, 0.1) is 14.2 Å². The molecule has 1 aromatic rings. The van der Waals surface area contributed by atoms with E-state index in [0.29, 0.717) is 6.42 Å². The Hall–Kier alpha value is -1.77. The van der Waals surface area contributed by atoms with Crippen LogP contribution in [-0.2, 0) is 9.53 Å². The third kappa shape index (κ3) is 5.20. The van der Waals surface area contributed by atoms with Gasteiger partial charge in [0.1, 0.15) is 5.75 Å². The monoisotopic (exact) mass is 234 g/mol. The molecule has 0 amide bonds. The summed E-state index contributed by atoms with van der Waals surface area (Å²) in [6, 6.07) is 7.84. The van der Waals surface area contributed by atoms with Crippen LogP contribution >= 0.6 is 0 Å². The summed E-state index contributed by atoms with van der Waals surface area (Å²) in [5.74, 6) is 0.704. The van der Waals surface area contributed by atoms with Crippen LogP contribution in [0.4, 0.5) is 0 Å². The summed E-state index contributed by atoms with van der Waals surface area (Å²) in [5.41, 5.74) is 1.13. The number of ether oxygens (including phenoxy) is 2. The normalized spacial score (nSPS) is 10.5. The van der Waals surface area contributed by atoms with Gasteiger partial charge in [0.25, 0.3) is 0 Å². The number of allylic oxidation sites excluding steroid dienone is 1. The second-order valence-electron chi connectivity index (χ2n) is 3.64. The van der Waals surface area contributed by atoms with E-state index in [-0.39, 0.29) is 5.97 Å². The molecule has 0 heterocycles. The predicted octanol–water partition coefficient (Wildman–Crippen LogP) is 3.05. The number of carbonyl (C=O) groups is 1. The Morgan fingerprint density at radius 3 is 2.53 bits per heavy atom. The summed E-state index contributed by atoms with van der Waals surface area (Å²) >= 11 is 0. The van der Waals surface area contributed by atoms with E-state index >= 15 is 0 Å². The Kier molecular flexibility index (Phi) is 5.86. The van der Waals surface area contributed by atoms with Crippen molar-refractivity contribution in [2.45, 2.75) is 19.3 Å². The van der Waals surface area contributed by atoms with E-state index in [0.717, 1.165) is 24.2 Å². The molecule has 1 aromatic carbocycles. The molecule has 0 saturated carbocycles. The maximum Gasteiger partial charge on any atom is 0.305 e. The van der Waals surface area contributed by atoms with E-state index in [1.165, 1.54) is 7.11 Å². The average molecular weight is 234 g/mol. The van der Waals surface area contributed by atoms with E-state index in [1.54, 1.807) is 7.11 Å². The molecule has 0 aromatic heterocycles. The number of hydrogen-bond donors (Lipinski definition) is 0. The van der Waals surface area contributed by atoms with Gasteiger partial charge in [0, 0.05) is 6.42 Å². The van der Waals surface area contributed by atoms with Crippen LogP contribution in [0, 0.1) is 0 Å². The smallest absolute Gasteiger partial charge is 0.305 e. The van der Waals surface area contributed by atoms with Gasteiger partial charge in [-0.2, -0.15) is 0 Å². The van der Waals surface area contributed by atoms with Gasteiger partial charge < -0.3 is 9.47 Å². The lowest BCUT2D eigenvalue weighted by molar-refractivity contribution is -0.140. The van der Waals surface area contributed by atoms with Crippen LogP contribution in [0.25, 0.3) is 6.08 Å². The number of rotatable bonds is 6. The van der Waals surface area contributed by atoms with Crippen molar-refractivity contribution in [2.75, 3.05) is 14.2 Å². The number of methoxy groups -OCH3 is 2. The fourth-order valence-electron chi connectivity index (χ4n) is 1.40. The lowest BCUT2D eigenvalue weighted by Gasteiger charge is -1.99. The quantitative estimate of drug-likeness (QED) is 0.560. The van der Waals surface area contributed by atoms with Gasteiger partial charge in [-0.05, 0) is 30.5 Å². The number of carbonyl (C=O) groups excluding carboxylic acids is 1. The van der Waals surface area contributed by atoms with Gasteiger partial charge in [-0.3, -0.25) is 4.79 Å². The molecule has 0 N–H and O–H groups in total. The Labute approximate surface area is 102 Å². The minimum absolute atomic E-state index is 0.150. The van der Waals surface area contributed by atoms with Crippen LogP contribution in [0.3, 0.4) is 0 Å². The molecule has 0 aliphatic heterocycles. The molecule has 92 valence electrons. The molecule has 0 aliphatic carbocycles. The van der Waals surface area contributed by atoms with Gasteiger partial charge in [-0.1, -0.05) is 24.3 Å². The highest BCUT2D eigenvalue weighted by Crippen LogP contribution is 2.12. The van der Waals surface area contributed by atoms with Crippen LogP contribution in [0.2, 0.25) is 0 Å². The highest BCUT2D eigenvalue weighted by molar-refractivity contribution is 5.69. The highest BCUT2D eigenvalue weighted by atomic mass is 16.5. The summed E-state index contributed by atoms with van der Waals surface area (Å²) in [7, 11) is 3.06. The molecule has 0 unspecified atom stereocenters. The molecule has 17 heavy (non-hydrogen) atoms. The molecule has 0 atom stereocenters. The summed E-state index contributed by atoms with van der Waals surface area (Å²) in [6.07, 6.45) is 6.27. The van der Waals surface area contributed by atoms with Crippen LogP contribution in [0.1, 0.15) is 24.8 Å². The lowest BCUT2D eigenvalue weighted by Crippen LogP contribution is -1.98. The standard InChI is InChI=1S/C14H18O3/c1-16-13-10-8-12(9-11-13)6-4-3-5-7-14(15)17-2/h4,6,8-11H,3,5,7H2,1-2H3/b6-4+. The van der Waals surface area contributed by atoms with E-state index in [4.69, 9.17) is 4.74 Å². The Morgan fingerprint density at radius 2 is 1.94 bits per heavy atom. The van der Waals surface area contributed by atoms with Crippen LogP contribution < -0.4 is 4.74 Å². The molecule has 3 heteroatoms. The van der Waals surface area contributed by atoms with E-state index in [2.05, 4.69) is 10.8 Å². The summed E-state index contributed by atoms with van der Waals surface area (Å²) in [4.78, 5) is 10.9. The van der Waals surface area contributed by atoms with E-state index < -0.39 is 0 Å². The van der Waals surface area contributed by atoms with Crippen molar-refractivity contribution < 1.29 is 14.3 Å². The maximum atomic E-state index is 10.9. The van der Waals surface area contributed by atoms with Crippen LogP contribution in [0.15, 0.2) is 30.3 Å². The lowest BCUT2D eigenvalue weighted by atomic mass is 10.1. The van der Waals surface area contributed by atoms with Gasteiger partial charge >= 0.3 is 5.97 Å². The second kappa shape index (κ2) is 7.49. The van der Waals surface area contributed by atoms with Crippen molar-refractivity contribution in [1.29, 1.82) is 0 Å². The molecule has 0 radical (unpaired) electrons. The zero-order valence-corrected chi connectivity index (χ0v) is 10.3. The predicted molar refractivity (Wildman–Crippen MR) is 67.9 cm³/mol. The van der Waals surface area contributed by atoms with Crippen molar-refractivity contribution in [3.63, 3.8) is 0 Å². The molecular formula is C14H18O3. The van der Waals surface area contributed by atoms with E-state index in [9.17, 15) is 4.79 Å². The summed E-state index contributed by atoms with van der Waals surface area (Å²) in [6.45, 7) is 0. The van der Waals surface area contributed by atoms with Gasteiger partial charge in [-0.25, -0.2) is 0 Å². The first-order chi connectivity index (χ1) is 8.26. The topological polar surface area (TPSA) is 35.5 Å². The van der Waals surface area contributed by atoms with Crippen molar-refractivity contribution >= 4 is 12.0 Å². The van der Waals surface area contributed by atoms with Gasteiger partial charge in [0.15, 0.2) is 0 Å². The molecule has 0 aliphatic rings. The van der Waals surface area contributed by atoms with Crippen molar-refractivity contribution in [3.05, 3.63) is 35.9 Å². The van der Waals surface area contributed by atoms with E-state index in [1.807, 2.05) is 30.3 Å². The molecule has 0 bridgehead atoms. The van der Waals surface area contributed by atoms with Gasteiger partial charge in [-0.15, -0.1) is 0 Å². The maximum absolute atomic E-state index is 10.9. The highest BCUT2D eigenvalue weighted by Gasteiger charge is 1.97. The Bertz CT molecular complexity index is 366. The molecule has 0 fully saturated rings. The largest absolute Gasteiger partial charge is 0.497 e. The fourth-order valence-corrected chi connectivity index (χ4v) is 1.40. The van der Waals surface area contributed by atoms with Crippen LogP contribution in [-0.4, -0.2) is 20.2 Å². The molecule has 1 rings (SSSR count). The molecule has 3 nitrogen and oxygen atoms in total. The summed E-state index contributed by atoms with van der Waals surface area (Å²) in [5, 5.41) is 0. The minimum Gasteiger partial charge on any atom is -0.497 e. The summed E-state index contributed by atoms with van der Waals surface area (Å²) < 4.78 is 9.64. The molecule has 0 spiro atoms.